The van der Waals surface area contributed by atoms with Gasteiger partial charge in [0.15, 0.2) is 5.75 Å². The lowest BCUT2D eigenvalue weighted by Crippen LogP contribution is -2.44. The average Bonchev–Trinajstić information content (AvgIpc) is 3.44. The number of nitrogens with one attached hydrogen (secondary N) is 3. The zero-order valence-electron chi connectivity index (χ0n) is 21.9. The molecule has 11 heteroatoms. The summed E-state index contributed by atoms with van der Waals surface area (Å²) in [7, 11) is 1.26. The van der Waals surface area contributed by atoms with Crippen LogP contribution in [0.3, 0.4) is 0 Å². The molecule has 1 unspecified atom stereocenters. The maximum atomic E-state index is 12.7. The highest BCUT2D eigenvalue weighted by Crippen LogP contribution is 2.32. The molecule has 3 aromatic carbocycles. The van der Waals surface area contributed by atoms with Gasteiger partial charge in [0, 0.05) is 22.3 Å². The molecule has 0 spiro atoms. The van der Waals surface area contributed by atoms with E-state index in [1.54, 1.807) is 68.4 Å². The number of amides is 3. The molecule has 0 radical (unpaired) electrons. The predicted molar refractivity (Wildman–Crippen MR) is 151 cm³/mol. The molecule has 4 rings (SSSR count). The quantitative estimate of drug-likeness (QED) is 0.202. The monoisotopic (exact) mass is 562 g/mol. The fourth-order valence-corrected chi connectivity index (χ4v) is 3.84. The summed E-state index contributed by atoms with van der Waals surface area (Å²) in [4.78, 5) is 37.2. The number of urea groups is 1. The normalized spacial score (nSPS) is 11.4. The van der Waals surface area contributed by atoms with Crippen molar-refractivity contribution in [3.8, 4) is 22.8 Å². The summed E-state index contributed by atoms with van der Waals surface area (Å²) < 4.78 is 15.8. The van der Waals surface area contributed by atoms with Crippen LogP contribution in [0.4, 0.5) is 16.2 Å². The number of hydrogen-bond donors (Lipinski definition) is 3. The van der Waals surface area contributed by atoms with Gasteiger partial charge >= 0.3 is 12.0 Å². The van der Waals surface area contributed by atoms with E-state index >= 15 is 0 Å². The van der Waals surface area contributed by atoms with E-state index in [1.807, 2.05) is 18.2 Å². The van der Waals surface area contributed by atoms with Gasteiger partial charge in [-0.1, -0.05) is 60.9 Å². The van der Waals surface area contributed by atoms with Crippen LogP contribution in [0.25, 0.3) is 11.3 Å². The lowest BCUT2D eigenvalue weighted by molar-refractivity contribution is -0.144. The lowest BCUT2D eigenvalue weighted by Gasteiger charge is -2.18. The highest BCUT2D eigenvalue weighted by Gasteiger charge is 2.27. The average molecular weight is 563 g/mol. The van der Waals surface area contributed by atoms with Gasteiger partial charge in [-0.25, -0.2) is 9.59 Å². The molecule has 1 heterocycles. The molecule has 0 aliphatic heterocycles. The molecule has 0 aliphatic rings. The van der Waals surface area contributed by atoms with Crippen molar-refractivity contribution in [3.63, 3.8) is 0 Å². The molecule has 4 aromatic rings. The number of nitrogens with zero attached hydrogens (tertiary/aromatic N) is 1. The molecule has 3 amide bonds. The van der Waals surface area contributed by atoms with Gasteiger partial charge in [0.05, 0.1) is 12.8 Å². The maximum absolute atomic E-state index is 12.7. The molecule has 3 N–H and O–H groups in total. The Morgan fingerprint density at radius 2 is 1.65 bits per heavy atom. The Morgan fingerprint density at radius 3 is 2.33 bits per heavy atom. The third kappa shape index (κ3) is 7.17. The second-order valence-electron chi connectivity index (χ2n) is 9.01. The van der Waals surface area contributed by atoms with Gasteiger partial charge in [0.2, 0.25) is 5.76 Å². The van der Waals surface area contributed by atoms with Crippen molar-refractivity contribution in [2.45, 2.75) is 19.9 Å². The van der Waals surface area contributed by atoms with Crippen molar-refractivity contribution in [1.82, 2.24) is 10.5 Å². The summed E-state index contributed by atoms with van der Waals surface area (Å²) in [5.74, 6) is -0.335. The summed E-state index contributed by atoms with van der Waals surface area (Å²) >= 11 is 6.13. The Balaban J connectivity index is 1.39. The van der Waals surface area contributed by atoms with Crippen LogP contribution in [0.1, 0.15) is 24.4 Å². The number of halogens is 1. The minimum absolute atomic E-state index is 0.0545. The number of para-hydroxylation sites is 1. The summed E-state index contributed by atoms with van der Waals surface area (Å²) in [5, 5.41) is 12.5. The standard InChI is InChI=1S/C29H27ClN4O6/c1-17(2)26(28(36)38-3)33-27(35)25-16-22(34-40-25)18-9-12-20(13-10-18)31-29(37)32-23-15-19(30)11-14-24(23)39-21-7-5-4-6-8-21/h4-17,26H,1-3H3,(H,33,35)(H2,31,32,37). The van der Waals surface area contributed by atoms with Gasteiger partial charge in [0.25, 0.3) is 5.91 Å². The Hall–Kier alpha value is -4.83. The van der Waals surface area contributed by atoms with Crippen LogP contribution in [0.15, 0.2) is 83.4 Å². The van der Waals surface area contributed by atoms with Crippen molar-refractivity contribution >= 4 is 40.9 Å². The van der Waals surface area contributed by atoms with Crippen LogP contribution in [-0.2, 0) is 9.53 Å². The van der Waals surface area contributed by atoms with Gasteiger partial charge in [-0.05, 0) is 48.4 Å². The molecular weight excluding hydrogens is 536 g/mol. The number of aromatic nitrogens is 1. The Morgan fingerprint density at radius 1 is 0.925 bits per heavy atom. The minimum Gasteiger partial charge on any atom is -0.467 e. The first kappa shape index (κ1) is 28.2. The zero-order valence-corrected chi connectivity index (χ0v) is 22.7. The lowest BCUT2D eigenvalue weighted by atomic mass is 10.0. The van der Waals surface area contributed by atoms with Crippen LogP contribution < -0.4 is 20.7 Å². The van der Waals surface area contributed by atoms with Gasteiger partial charge in [-0.2, -0.15) is 0 Å². The van der Waals surface area contributed by atoms with Gasteiger partial charge < -0.3 is 29.9 Å². The van der Waals surface area contributed by atoms with Gasteiger partial charge in [0.1, 0.15) is 17.5 Å². The van der Waals surface area contributed by atoms with Crippen molar-refractivity contribution in [3.05, 3.63) is 89.6 Å². The second kappa shape index (κ2) is 12.8. The predicted octanol–water partition coefficient (Wildman–Crippen LogP) is 6.36. The third-order valence-corrected chi connectivity index (χ3v) is 5.98. The highest BCUT2D eigenvalue weighted by atomic mass is 35.5. The first-order valence-corrected chi connectivity index (χ1v) is 12.7. The number of methoxy groups -OCH3 is 1. The van der Waals surface area contributed by atoms with E-state index in [2.05, 4.69) is 21.1 Å². The first-order valence-electron chi connectivity index (χ1n) is 12.3. The molecule has 1 aromatic heterocycles. The van der Waals surface area contributed by atoms with Crippen molar-refractivity contribution < 1.29 is 28.4 Å². The molecule has 0 bridgehead atoms. The number of anilines is 2. The minimum atomic E-state index is -0.824. The number of rotatable bonds is 9. The van der Waals surface area contributed by atoms with Crippen LogP contribution >= 0.6 is 11.6 Å². The van der Waals surface area contributed by atoms with Crippen molar-refractivity contribution in [2.24, 2.45) is 5.92 Å². The highest BCUT2D eigenvalue weighted by molar-refractivity contribution is 6.31. The van der Waals surface area contributed by atoms with E-state index in [-0.39, 0.29) is 11.7 Å². The van der Waals surface area contributed by atoms with Crippen LogP contribution in [0.2, 0.25) is 5.02 Å². The molecular formula is C29H27ClN4O6. The molecule has 0 saturated heterocycles. The number of benzene rings is 3. The molecule has 206 valence electrons. The summed E-state index contributed by atoms with van der Waals surface area (Å²) in [6, 6.07) is 21.0. The Bertz CT molecular complexity index is 1490. The topological polar surface area (TPSA) is 132 Å². The second-order valence-corrected chi connectivity index (χ2v) is 9.44. The van der Waals surface area contributed by atoms with Crippen LogP contribution in [0, 0.1) is 5.92 Å². The molecule has 40 heavy (non-hydrogen) atoms. The van der Waals surface area contributed by atoms with E-state index in [0.717, 1.165) is 0 Å². The fraction of sp³-hybridized carbons (Fsp3) is 0.172. The van der Waals surface area contributed by atoms with Crippen molar-refractivity contribution in [2.75, 3.05) is 17.7 Å². The van der Waals surface area contributed by atoms with Crippen LogP contribution in [-0.4, -0.2) is 36.2 Å². The summed E-state index contributed by atoms with van der Waals surface area (Å²) in [6.45, 7) is 3.58. The van der Waals surface area contributed by atoms with Crippen molar-refractivity contribution in [1.29, 1.82) is 0 Å². The fourth-order valence-electron chi connectivity index (χ4n) is 3.67. The Labute approximate surface area is 235 Å². The van der Waals surface area contributed by atoms with E-state index in [0.29, 0.717) is 39.2 Å². The van der Waals surface area contributed by atoms with Gasteiger partial charge in [-0.15, -0.1) is 0 Å². The van der Waals surface area contributed by atoms with E-state index in [1.165, 1.54) is 13.2 Å². The number of ether oxygens (including phenoxy) is 2. The number of hydrogen-bond acceptors (Lipinski definition) is 7. The molecule has 0 aliphatic carbocycles. The smallest absolute Gasteiger partial charge is 0.328 e. The summed E-state index contributed by atoms with van der Waals surface area (Å²) in [6.07, 6.45) is 0. The molecule has 10 nitrogen and oxygen atoms in total. The first-order chi connectivity index (χ1) is 19.2. The zero-order chi connectivity index (χ0) is 28.6. The van der Waals surface area contributed by atoms with E-state index < -0.39 is 23.9 Å². The maximum Gasteiger partial charge on any atom is 0.328 e. The van der Waals surface area contributed by atoms with Gasteiger partial charge in [-0.3, -0.25) is 4.79 Å². The molecule has 1 atom stereocenters. The number of carbonyl (C=O) groups excluding carboxylic acids is 3. The largest absolute Gasteiger partial charge is 0.467 e. The number of esters is 1. The Kier molecular flexibility index (Phi) is 9.03. The molecule has 0 fully saturated rings. The van der Waals surface area contributed by atoms with E-state index in [9.17, 15) is 14.4 Å². The molecule has 0 saturated carbocycles. The van der Waals surface area contributed by atoms with E-state index in [4.69, 9.17) is 25.6 Å². The summed E-state index contributed by atoms with van der Waals surface area (Å²) in [5.41, 5.74) is 1.95. The third-order valence-electron chi connectivity index (χ3n) is 5.74. The number of carbonyl (C=O) groups is 3. The SMILES string of the molecule is COC(=O)C(NC(=O)c1cc(-c2ccc(NC(=O)Nc3cc(Cl)ccc3Oc3ccccc3)cc2)no1)C(C)C. The van der Waals surface area contributed by atoms with Crippen LogP contribution in [0.5, 0.6) is 11.5 Å².